The molecule has 4 aromatic heterocycles. The second-order valence-corrected chi connectivity index (χ2v) is 16.2. The van der Waals surface area contributed by atoms with Gasteiger partial charge in [-0.2, -0.15) is 0 Å². The van der Waals surface area contributed by atoms with Crippen LogP contribution >= 0.6 is 22.7 Å². The molecule has 0 aliphatic heterocycles. The molecular weight excluding hydrogens is 707 g/mol. The van der Waals surface area contributed by atoms with Crippen LogP contribution in [0.3, 0.4) is 0 Å². The van der Waals surface area contributed by atoms with Crippen LogP contribution in [0.15, 0.2) is 176 Å². The molecule has 55 heavy (non-hydrogen) atoms. The van der Waals surface area contributed by atoms with Crippen LogP contribution in [-0.2, 0) is 0 Å². The van der Waals surface area contributed by atoms with E-state index >= 15 is 0 Å². The summed E-state index contributed by atoms with van der Waals surface area (Å²) >= 11 is 3.66. The van der Waals surface area contributed by atoms with Gasteiger partial charge in [-0.25, -0.2) is 9.97 Å². The highest BCUT2D eigenvalue weighted by Crippen LogP contribution is 2.48. The lowest BCUT2D eigenvalue weighted by atomic mass is 9.95. The maximum atomic E-state index is 5.68. The number of fused-ring (bicyclic) bond motifs is 13. The van der Waals surface area contributed by atoms with Crippen LogP contribution in [0.25, 0.3) is 113 Å². The number of aromatic nitrogens is 3. The molecule has 256 valence electrons. The molecule has 0 spiro atoms. The summed E-state index contributed by atoms with van der Waals surface area (Å²) in [6, 6.07) is 63.4. The van der Waals surface area contributed by atoms with Crippen LogP contribution in [0.4, 0.5) is 0 Å². The van der Waals surface area contributed by atoms with Crippen molar-refractivity contribution in [2.24, 2.45) is 0 Å². The van der Waals surface area contributed by atoms with Crippen molar-refractivity contribution in [3.05, 3.63) is 176 Å². The summed E-state index contributed by atoms with van der Waals surface area (Å²) < 4.78 is 7.24. The molecular formula is C50H29N3S2. The second kappa shape index (κ2) is 11.9. The van der Waals surface area contributed by atoms with Crippen LogP contribution in [-0.4, -0.2) is 14.5 Å². The fourth-order valence-corrected chi connectivity index (χ4v) is 11.0. The number of hydrogen-bond donors (Lipinski definition) is 0. The van der Waals surface area contributed by atoms with Crippen LogP contribution in [0.2, 0.25) is 0 Å². The van der Waals surface area contributed by atoms with Gasteiger partial charge >= 0.3 is 0 Å². The third-order valence-corrected chi connectivity index (χ3v) is 13.3. The molecule has 5 heteroatoms. The van der Waals surface area contributed by atoms with Gasteiger partial charge in [0.05, 0.1) is 26.9 Å². The summed E-state index contributed by atoms with van der Waals surface area (Å²) in [6.45, 7) is 0. The Hall–Kier alpha value is -6.66. The Kier molecular flexibility index (Phi) is 6.67. The normalized spacial score (nSPS) is 12.0. The van der Waals surface area contributed by atoms with E-state index < -0.39 is 0 Å². The number of thiophene rings is 2. The first-order valence-corrected chi connectivity index (χ1v) is 20.1. The Balaban J connectivity index is 1.25. The van der Waals surface area contributed by atoms with Gasteiger partial charge in [-0.15, -0.1) is 22.7 Å². The largest absolute Gasteiger partial charge is 0.277 e. The van der Waals surface area contributed by atoms with Crippen molar-refractivity contribution < 1.29 is 0 Å². The van der Waals surface area contributed by atoms with E-state index in [1.807, 2.05) is 11.3 Å². The predicted molar refractivity (Wildman–Crippen MR) is 236 cm³/mol. The van der Waals surface area contributed by atoms with Crippen molar-refractivity contribution in [2.75, 3.05) is 0 Å². The maximum absolute atomic E-state index is 5.68. The molecule has 0 saturated carbocycles. The molecule has 0 radical (unpaired) electrons. The minimum Gasteiger partial charge on any atom is -0.277 e. The van der Waals surface area contributed by atoms with Crippen molar-refractivity contribution in [1.82, 2.24) is 14.5 Å². The zero-order valence-corrected chi connectivity index (χ0v) is 31.0. The van der Waals surface area contributed by atoms with E-state index in [0.29, 0.717) is 5.95 Å². The first-order chi connectivity index (χ1) is 27.3. The molecule has 3 nitrogen and oxygen atoms in total. The van der Waals surface area contributed by atoms with Gasteiger partial charge in [0.15, 0.2) is 0 Å². The standard InChI is InChI=1S/C50H29N3S2/c1-3-15-30(16-4-1)32-27-33(31-17-5-2-6-18-31)29-34(28-32)45-49-46(39-23-11-14-26-42(39)55-49)52-50(51-45)53-40-24-12-9-21-37(40)43-44-38-22-10-13-25-41(38)54-48(44)36-20-8-7-19-35(36)47(43)53/h1-29H. The summed E-state index contributed by atoms with van der Waals surface area (Å²) in [5, 5.41) is 8.63. The molecule has 12 aromatic rings. The average molecular weight is 736 g/mol. The van der Waals surface area contributed by atoms with Gasteiger partial charge in [0, 0.05) is 57.4 Å². The molecule has 0 bridgehead atoms. The molecule has 0 unspecified atom stereocenters. The topological polar surface area (TPSA) is 30.7 Å². The van der Waals surface area contributed by atoms with Gasteiger partial charge in [-0.1, -0.05) is 140 Å². The molecule has 0 aliphatic rings. The first kappa shape index (κ1) is 30.8. The molecule has 0 N–H and O–H groups in total. The molecule has 4 heterocycles. The lowest BCUT2D eigenvalue weighted by Crippen LogP contribution is -2.03. The van der Waals surface area contributed by atoms with Crippen molar-refractivity contribution >= 4 is 95.7 Å². The SMILES string of the molecule is c1ccc(-c2cc(-c3ccccc3)cc(-c3nc(-n4c5ccccc5c5c6c7ccccc7sc6c6ccccc6c54)nc4c3sc3ccccc34)c2)cc1. The molecule has 0 amide bonds. The van der Waals surface area contributed by atoms with Gasteiger partial charge < -0.3 is 0 Å². The van der Waals surface area contributed by atoms with Gasteiger partial charge in [-0.3, -0.25) is 4.57 Å². The molecule has 0 aliphatic carbocycles. The summed E-state index contributed by atoms with van der Waals surface area (Å²) in [4.78, 5) is 11.2. The van der Waals surface area contributed by atoms with E-state index in [1.54, 1.807) is 11.3 Å². The lowest BCUT2D eigenvalue weighted by Gasteiger charge is -2.14. The van der Waals surface area contributed by atoms with E-state index in [2.05, 4.69) is 180 Å². The second-order valence-electron chi connectivity index (χ2n) is 14.1. The average Bonchev–Trinajstić information content (AvgIpc) is 3.94. The minimum atomic E-state index is 0.674. The van der Waals surface area contributed by atoms with E-state index in [0.717, 1.165) is 49.0 Å². The zero-order valence-electron chi connectivity index (χ0n) is 29.4. The lowest BCUT2D eigenvalue weighted by molar-refractivity contribution is 1.02. The first-order valence-electron chi connectivity index (χ1n) is 18.5. The molecule has 8 aromatic carbocycles. The Morgan fingerprint density at radius 1 is 0.382 bits per heavy atom. The Morgan fingerprint density at radius 3 is 1.62 bits per heavy atom. The third kappa shape index (κ3) is 4.61. The Morgan fingerprint density at radius 2 is 0.909 bits per heavy atom. The van der Waals surface area contributed by atoms with Crippen LogP contribution in [0.5, 0.6) is 0 Å². The summed E-state index contributed by atoms with van der Waals surface area (Å²) in [5.74, 6) is 0.674. The highest BCUT2D eigenvalue weighted by Gasteiger charge is 2.25. The quantitative estimate of drug-likeness (QED) is 0.180. The van der Waals surface area contributed by atoms with Gasteiger partial charge in [0.25, 0.3) is 0 Å². The highest BCUT2D eigenvalue weighted by atomic mass is 32.1. The molecule has 12 rings (SSSR count). The summed E-state index contributed by atoms with van der Waals surface area (Å²) in [5.41, 5.74) is 9.87. The van der Waals surface area contributed by atoms with Gasteiger partial charge in [0.2, 0.25) is 5.95 Å². The molecule has 0 atom stereocenters. The van der Waals surface area contributed by atoms with E-state index in [4.69, 9.17) is 9.97 Å². The Bertz CT molecular complexity index is 3430. The van der Waals surface area contributed by atoms with Crippen molar-refractivity contribution in [3.8, 4) is 39.5 Å². The number of nitrogens with zero attached hydrogens (tertiary/aromatic N) is 3. The van der Waals surface area contributed by atoms with Crippen LogP contribution in [0.1, 0.15) is 0 Å². The van der Waals surface area contributed by atoms with E-state index in [9.17, 15) is 0 Å². The van der Waals surface area contributed by atoms with Crippen molar-refractivity contribution in [1.29, 1.82) is 0 Å². The third-order valence-electron chi connectivity index (χ3n) is 11.0. The minimum absolute atomic E-state index is 0.674. The number of para-hydroxylation sites is 1. The molecule has 0 saturated heterocycles. The maximum Gasteiger partial charge on any atom is 0.235 e. The summed E-state index contributed by atoms with van der Waals surface area (Å²) in [6.07, 6.45) is 0. The van der Waals surface area contributed by atoms with E-state index in [1.165, 1.54) is 57.5 Å². The van der Waals surface area contributed by atoms with Crippen LogP contribution in [0, 0.1) is 0 Å². The van der Waals surface area contributed by atoms with Crippen molar-refractivity contribution in [3.63, 3.8) is 0 Å². The van der Waals surface area contributed by atoms with Gasteiger partial charge in [0.1, 0.15) is 0 Å². The van der Waals surface area contributed by atoms with Gasteiger partial charge in [-0.05, 0) is 58.7 Å². The fourth-order valence-electron chi connectivity index (χ4n) is 8.56. The number of rotatable bonds is 4. The molecule has 0 fully saturated rings. The predicted octanol–water partition coefficient (Wildman–Crippen LogP) is 14.5. The zero-order chi connectivity index (χ0) is 36.0. The Labute approximate surface area is 324 Å². The van der Waals surface area contributed by atoms with Crippen LogP contribution < -0.4 is 0 Å². The number of benzene rings is 8. The highest BCUT2D eigenvalue weighted by molar-refractivity contribution is 7.27. The van der Waals surface area contributed by atoms with Crippen molar-refractivity contribution in [2.45, 2.75) is 0 Å². The fraction of sp³-hybridized carbons (Fsp3) is 0. The summed E-state index contributed by atoms with van der Waals surface area (Å²) in [7, 11) is 0. The number of hydrogen-bond acceptors (Lipinski definition) is 4. The monoisotopic (exact) mass is 735 g/mol. The smallest absolute Gasteiger partial charge is 0.235 e. The van der Waals surface area contributed by atoms with E-state index in [-0.39, 0.29) is 0 Å².